The Labute approximate surface area is 146 Å². The van der Waals surface area contributed by atoms with Gasteiger partial charge in [-0.2, -0.15) is 0 Å². The zero-order valence-corrected chi connectivity index (χ0v) is 15.5. The molecule has 0 aliphatic rings. The van der Waals surface area contributed by atoms with Crippen LogP contribution in [-0.4, -0.2) is 20.7 Å². The Morgan fingerprint density at radius 3 is 2.58 bits per heavy atom. The molecule has 1 unspecified atom stereocenters. The van der Waals surface area contributed by atoms with Crippen molar-refractivity contribution in [2.75, 3.05) is 5.32 Å². The predicted molar refractivity (Wildman–Crippen MR) is 98.7 cm³/mol. The third kappa shape index (κ3) is 4.26. The Kier molecular flexibility index (Phi) is 5.83. The summed E-state index contributed by atoms with van der Waals surface area (Å²) in [6.07, 6.45) is 0.644. The van der Waals surface area contributed by atoms with Crippen molar-refractivity contribution in [1.82, 2.24) is 9.55 Å². The average molecular weight is 345 g/mol. The molecule has 0 aliphatic heterocycles. The number of carbonyl (C=O) groups excluding carboxylic acids is 1. The molecule has 1 aromatic carbocycles. The lowest BCUT2D eigenvalue weighted by molar-refractivity contribution is -0.115. The monoisotopic (exact) mass is 345 g/mol. The van der Waals surface area contributed by atoms with Crippen molar-refractivity contribution < 1.29 is 4.79 Å². The van der Waals surface area contributed by atoms with Gasteiger partial charge in [-0.25, -0.2) is 4.98 Å². The maximum Gasteiger partial charge on any atom is 0.254 e. The minimum absolute atomic E-state index is 0.0819. The molecule has 5 nitrogen and oxygen atoms in total. The summed E-state index contributed by atoms with van der Waals surface area (Å²) >= 11 is 1.32. The van der Waals surface area contributed by atoms with Crippen molar-refractivity contribution in [2.45, 2.75) is 44.5 Å². The summed E-state index contributed by atoms with van der Waals surface area (Å²) in [5, 5.41) is 3.20. The fourth-order valence-electron chi connectivity index (χ4n) is 2.22. The quantitative estimate of drug-likeness (QED) is 0.667. The van der Waals surface area contributed by atoms with Crippen LogP contribution in [0.25, 0.3) is 0 Å². The first-order valence-corrected chi connectivity index (χ1v) is 8.79. The van der Waals surface area contributed by atoms with E-state index in [1.54, 1.807) is 14.0 Å². The molecule has 1 aromatic heterocycles. The van der Waals surface area contributed by atoms with Gasteiger partial charge in [-0.15, -0.1) is 0 Å². The topological polar surface area (TPSA) is 64.0 Å². The van der Waals surface area contributed by atoms with E-state index in [-0.39, 0.29) is 16.7 Å². The van der Waals surface area contributed by atoms with Crippen LogP contribution in [0.2, 0.25) is 0 Å². The van der Waals surface area contributed by atoms with Crippen LogP contribution in [-0.2, 0) is 11.8 Å². The SMILES string of the molecule is CCC(Sc1nc(C)cc(=O)n1C)C(=O)Nc1ccc(C)c(C)c1. The number of rotatable bonds is 5. The van der Waals surface area contributed by atoms with Gasteiger partial charge in [-0.05, 0) is 50.5 Å². The first kappa shape index (κ1) is 18.3. The van der Waals surface area contributed by atoms with Crippen LogP contribution < -0.4 is 10.9 Å². The van der Waals surface area contributed by atoms with Gasteiger partial charge in [0.15, 0.2) is 5.16 Å². The number of aromatic nitrogens is 2. The molecule has 0 aliphatic carbocycles. The fourth-order valence-corrected chi connectivity index (χ4v) is 3.26. The van der Waals surface area contributed by atoms with Crippen LogP contribution in [0.1, 0.15) is 30.2 Å². The molecule has 1 heterocycles. The summed E-state index contributed by atoms with van der Waals surface area (Å²) in [4.78, 5) is 28.8. The van der Waals surface area contributed by atoms with Gasteiger partial charge in [0.1, 0.15) is 0 Å². The van der Waals surface area contributed by atoms with Crippen molar-refractivity contribution in [3.63, 3.8) is 0 Å². The Balaban J connectivity index is 2.17. The summed E-state index contributed by atoms with van der Waals surface area (Å²) in [5.41, 5.74) is 3.65. The molecule has 6 heteroatoms. The van der Waals surface area contributed by atoms with Crippen molar-refractivity contribution >= 4 is 23.4 Å². The van der Waals surface area contributed by atoms with Gasteiger partial charge in [0.2, 0.25) is 5.91 Å². The number of amides is 1. The van der Waals surface area contributed by atoms with Gasteiger partial charge in [0.05, 0.1) is 5.25 Å². The van der Waals surface area contributed by atoms with Crippen LogP contribution in [0, 0.1) is 20.8 Å². The summed E-state index contributed by atoms with van der Waals surface area (Å²) < 4.78 is 1.48. The second-order valence-electron chi connectivity index (χ2n) is 5.88. The molecule has 24 heavy (non-hydrogen) atoms. The van der Waals surface area contributed by atoms with Crippen LogP contribution in [0.3, 0.4) is 0 Å². The van der Waals surface area contributed by atoms with Crippen LogP contribution in [0.15, 0.2) is 34.2 Å². The number of hydrogen-bond acceptors (Lipinski definition) is 4. The number of benzene rings is 1. The van der Waals surface area contributed by atoms with E-state index in [0.717, 1.165) is 11.3 Å². The van der Waals surface area contributed by atoms with Crippen LogP contribution in [0.4, 0.5) is 5.69 Å². The van der Waals surface area contributed by atoms with E-state index in [1.807, 2.05) is 39.0 Å². The number of aryl methyl sites for hydroxylation is 3. The zero-order chi connectivity index (χ0) is 17.9. The molecular weight excluding hydrogens is 322 g/mol. The highest BCUT2D eigenvalue weighted by molar-refractivity contribution is 8.00. The lowest BCUT2D eigenvalue weighted by Gasteiger charge is -2.16. The smallest absolute Gasteiger partial charge is 0.254 e. The van der Waals surface area contributed by atoms with Gasteiger partial charge < -0.3 is 5.32 Å². The van der Waals surface area contributed by atoms with E-state index in [0.29, 0.717) is 17.3 Å². The lowest BCUT2D eigenvalue weighted by Crippen LogP contribution is -2.27. The van der Waals surface area contributed by atoms with Gasteiger partial charge in [0, 0.05) is 24.5 Å². The maximum atomic E-state index is 12.6. The molecule has 1 amide bonds. The first-order chi connectivity index (χ1) is 11.3. The number of thioether (sulfide) groups is 1. The number of carbonyl (C=O) groups is 1. The van der Waals surface area contributed by atoms with Crippen molar-refractivity contribution in [3.8, 4) is 0 Å². The molecular formula is C18H23N3O2S. The second-order valence-corrected chi connectivity index (χ2v) is 7.05. The first-order valence-electron chi connectivity index (χ1n) is 7.91. The number of nitrogens with zero attached hydrogens (tertiary/aromatic N) is 2. The lowest BCUT2D eigenvalue weighted by atomic mass is 10.1. The minimum Gasteiger partial charge on any atom is -0.325 e. The van der Waals surface area contributed by atoms with E-state index in [4.69, 9.17) is 0 Å². The molecule has 2 aromatic rings. The largest absolute Gasteiger partial charge is 0.325 e. The minimum atomic E-state index is -0.313. The molecule has 1 atom stereocenters. The van der Waals surface area contributed by atoms with Crippen LogP contribution in [0.5, 0.6) is 0 Å². The number of nitrogens with one attached hydrogen (secondary N) is 1. The molecule has 1 N–H and O–H groups in total. The van der Waals surface area contributed by atoms with E-state index in [9.17, 15) is 9.59 Å². The Morgan fingerprint density at radius 2 is 1.96 bits per heavy atom. The van der Waals surface area contributed by atoms with Gasteiger partial charge in [-0.1, -0.05) is 24.8 Å². The molecule has 0 fully saturated rings. The Bertz CT molecular complexity index is 814. The zero-order valence-electron chi connectivity index (χ0n) is 14.7. The van der Waals surface area contributed by atoms with E-state index in [1.165, 1.54) is 28.0 Å². The van der Waals surface area contributed by atoms with Crippen molar-refractivity contribution in [2.24, 2.45) is 7.05 Å². The summed E-state index contributed by atoms with van der Waals surface area (Å²) in [6.45, 7) is 7.78. The summed E-state index contributed by atoms with van der Waals surface area (Å²) in [6, 6.07) is 7.34. The number of anilines is 1. The summed E-state index contributed by atoms with van der Waals surface area (Å²) in [5.74, 6) is -0.0819. The standard InChI is InChI=1S/C18H23N3O2S/c1-6-15(24-18-19-13(4)10-16(22)21(18)5)17(23)20-14-8-7-11(2)12(3)9-14/h7-10,15H,6H2,1-5H3,(H,20,23). The molecule has 0 radical (unpaired) electrons. The van der Waals surface area contributed by atoms with Gasteiger partial charge >= 0.3 is 0 Å². The van der Waals surface area contributed by atoms with Crippen molar-refractivity contribution in [3.05, 3.63) is 51.4 Å². The highest BCUT2D eigenvalue weighted by Gasteiger charge is 2.20. The molecule has 128 valence electrons. The number of hydrogen-bond donors (Lipinski definition) is 1. The Morgan fingerprint density at radius 1 is 1.25 bits per heavy atom. The fraction of sp³-hybridized carbons (Fsp3) is 0.389. The molecule has 0 spiro atoms. The molecule has 0 bridgehead atoms. The van der Waals surface area contributed by atoms with Crippen molar-refractivity contribution in [1.29, 1.82) is 0 Å². The highest BCUT2D eigenvalue weighted by atomic mass is 32.2. The van der Waals surface area contributed by atoms with E-state index in [2.05, 4.69) is 10.3 Å². The Hall–Kier alpha value is -2.08. The molecule has 2 rings (SSSR count). The van der Waals surface area contributed by atoms with E-state index < -0.39 is 0 Å². The third-order valence-electron chi connectivity index (χ3n) is 3.91. The van der Waals surface area contributed by atoms with Gasteiger partial charge in [-0.3, -0.25) is 14.2 Å². The van der Waals surface area contributed by atoms with E-state index >= 15 is 0 Å². The average Bonchev–Trinajstić information content (AvgIpc) is 2.52. The summed E-state index contributed by atoms with van der Waals surface area (Å²) in [7, 11) is 1.67. The third-order valence-corrected chi connectivity index (χ3v) is 5.32. The normalized spacial score (nSPS) is 12.0. The predicted octanol–water partition coefficient (Wildman–Crippen LogP) is 3.21. The second kappa shape index (κ2) is 7.66. The molecule has 0 saturated heterocycles. The maximum absolute atomic E-state index is 12.6. The van der Waals surface area contributed by atoms with Crippen LogP contribution >= 0.6 is 11.8 Å². The molecule has 0 saturated carbocycles. The highest BCUT2D eigenvalue weighted by Crippen LogP contribution is 2.24. The van der Waals surface area contributed by atoms with Gasteiger partial charge in [0.25, 0.3) is 5.56 Å².